The predicted molar refractivity (Wildman–Crippen MR) is 95.0 cm³/mol. The maximum atomic E-state index is 14.8. The Bertz CT molecular complexity index is 910. The van der Waals surface area contributed by atoms with Gasteiger partial charge in [-0.2, -0.15) is 0 Å². The van der Waals surface area contributed by atoms with E-state index in [0.29, 0.717) is 40.7 Å². The van der Waals surface area contributed by atoms with Crippen molar-refractivity contribution in [1.82, 2.24) is 14.5 Å². The summed E-state index contributed by atoms with van der Waals surface area (Å²) in [6.07, 6.45) is 2.50. The van der Waals surface area contributed by atoms with Gasteiger partial charge in [0.2, 0.25) is 5.75 Å². The van der Waals surface area contributed by atoms with Gasteiger partial charge in [-0.25, -0.2) is 4.39 Å². The zero-order valence-corrected chi connectivity index (χ0v) is 15.0. The number of rotatable bonds is 0. The van der Waals surface area contributed by atoms with Crippen molar-refractivity contribution >= 4 is 16.6 Å². The summed E-state index contributed by atoms with van der Waals surface area (Å²) in [5, 5.41) is 0.642. The topological polar surface area (TPSA) is 50.6 Å². The molecule has 0 radical (unpaired) electrons. The van der Waals surface area contributed by atoms with Crippen LogP contribution in [-0.2, 0) is 7.05 Å². The smallest absolute Gasteiger partial charge is 0.295 e. The second kappa shape index (κ2) is 5.69. The van der Waals surface area contributed by atoms with Gasteiger partial charge in [-0.1, -0.05) is 0 Å². The van der Waals surface area contributed by atoms with E-state index in [-0.39, 0.29) is 11.6 Å². The number of aryl methyl sites for hydroxylation is 2. The first-order valence-electron chi connectivity index (χ1n) is 8.67. The molecule has 134 valence electrons. The number of anilines is 1. The van der Waals surface area contributed by atoms with Crippen molar-refractivity contribution in [3.05, 3.63) is 28.1 Å². The molecule has 4 rings (SSSR count). The van der Waals surface area contributed by atoms with E-state index in [1.807, 2.05) is 0 Å². The molecule has 0 bridgehead atoms. The fourth-order valence-corrected chi connectivity index (χ4v) is 3.96. The summed E-state index contributed by atoms with van der Waals surface area (Å²) >= 11 is 0. The number of pyridine rings is 2. The van der Waals surface area contributed by atoms with E-state index in [2.05, 4.69) is 28.8 Å². The molecule has 0 spiro atoms. The summed E-state index contributed by atoms with van der Waals surface area (Å²) in [6.45, 7) is 5.92. The second-order valence-electron chi connectivity index (χ2n) is 7.19. The van der Waals surface area contributed by atoms with E-state index in [4.69, 9.17) is 4.74 Å². The average Bonchev–Trinajstić information content (AvgIpc) is 2.75. The lowest BCUT2D eigenvalue weighted by molar-refractivity contribution is 0.189. The Morgan fingerprint density at radius 1 is 1.32 bits per heavy atom. The van der Waals surface area contributed by atoms with Crippen molar-refractivity contribution in [1.29, 1.82) is 0 Å². The zero-order valence-electron chi connectivity index (χ0n) is 15.0. The van der Waals surface area contributed by atoms with E-state index in [9.17, 15) is 9.18 Å². The van der Waals surface area contributed by atoms with Crippen molar-refractivity contribution in [2.45, 2.75) is 32.4 Å². The molecule has 25 heavy (non-hydrogen) atoms. The molecule has 0 saturated carbocycles. The number of hydrogen-bond donors (Lipinski definition) is 0. The third-order valence-electron chi connectivity index (χ3n) is 5.61. The number of fused-ring (bicyclic) bond motifs is 5. The highest BCUT2D eigenvalue weighted by atomic mass is 19.1. The van der Waals surface area contributed by atoms with Crippen LogP contribution in [0, 0.1) is 12.7 Å². The molecule has 2 atom stereocenters. The van der Waals surface area contributed by atoms with Crippen LogP contribution in [0.4, 0.5) is 10.1 Å². The molecule has 0 N–H and O–H groups in total. The molecule has 2 aromatic rings. The van der Waals surface area contributed by atoms with Crippen LogP contribution >= 0.6 is 0 Å². The summed E-state index contributed by atoms with van der Waals surface area (Å²) in [7, 11) is 3.70. The van der Waals surface area contributed by atoms with E-state index < -0.39 is 5.82 Å². The Kier molecular flexibility index (Phi) is 3.72. The lowest BCUT2D eigenvalue weighted by Crippen LogP contribution is -2.56. The number of nitrogens with zero attached hydrogens (tertiary/aromatic N) is 4. The van der Waals surface area contributed by atoms with Crippen molar-refractivity contribution < 1.29 is 9.13 Å². The first-order chi connectivity index (χ1) is 11.9. The highest BCUT2D eigenvalue weighted by Gasteiger charge is 2.36. The summed E-state index contributed by atoms with van der Waals surface area (Å²) < 4.78 is 22.0. The lowest BCUT2D eigenvalue weighted by atomic mass is 10.0. The molecule has 1 fully saturated rings. The lowest BCUT2D eigenvalue weighted by Gasteiger charge is -2.44. The van der Waals surface area contributed by atoms with E-state index in [1.54, 1.807) is 20.2 Å². The largest absolute Gasteiger partial charge is 0.486 e. The van der Waals surface area contributed by atoms with Gasteiger partial charge in [0, 0.05) is 50.2 Å². The summed E-state index contributed by atoms with van der Waals surface area (Å²) in [5.74, 6) is -0.123. The van der Waals surface area contributed by atoms with E-state index >= 15 is 0 Å². The maximum absolute atomic E-state index is 14.8. The van der Waals surface area contributed by atoms with Crippen LogP contribution in [0.2, 0.25) is 0 Å². The van der Waals surface area contributed by atoms with Crippen LogP contribution in [0.3, 0.4) is 0 Å². The van der Waals surface area contributed by atoms with Crippen LogP contribution in [0.5, 0.6) is 5.75 Å². The van der Waals surface area contributed by atoms with E-state index in [0.717, 1.165) is 19.5 Å². The average molecular weight is 346 g/mol. The molecule has 4 heterocycles. The molecule has 0 amide bonds. The Balaban J connectivity index is 2.05. The van der Waals surface area contributed by atoms with Gasteiger partial charge in [-0.15, -0.1) is 0 Å². The second-order valence-corrected chi connectivity index (χ2v) is 7.19. The van der Waals surface area contributed by atoms with Crippen LogP contribution in [0.1, 0.15) is 19.0 Å². The molecule has 6 nitrogen and oxygen atoms in total. The normalized spacial score (nSPS) is 23.8. The van der Waals surface area contributed by atoms with Gasteiger partial charge in [0.15, 0.2) is 5.82 Å². The predicted octanol–water partition coefficient (Wildman–Crippen LogP) is 1.67. The first-order valence-corrected chi connectivity index (χ1v) is 8.67. The minimum absolute atomic E-state index is 0.238. The van der Waals surface area contributed by atoms with Crippen molar-refractivity contribution in [2.75, 3.05) is 31.6 Å². The highest BCUT2D eigenvalue weighted by molar-refractivity contribution is 5.95. The molecule has 2 unspecified atom stereocenters. The van der Waals surface area contributed by atoms with Crippen LogP contribution < -0.4 is 15.2 Å². The van der Waals surface area contributed by atoms with Gasteiger partial charge in [0.05, 0.1) is 23.5 Å². The molecule has 0 aromatic carbocycles. The summed E-state index contributed by atoms with van der Waals surface area (Å²) in [5.41, 5.74) is 0.999. The minimum Gasteiger partial charge on any atom is -0.486 e. The summed E-state index contributed by atoms with van der Waals surface area (Å²) in [6, 6.07) is 0.576. The molecule has 2 aliphatic rings. The molecule has 7 heteroatoms. The standard InChI is InChI=1S/C18H23FN4O2/c1-10-8-23-12(9-21(10)3)5-6-25-17-16(23)13-7-20-11(2)14(19)15(13)22(4)18(17)24/h7,10,12H,5-6,8-9H2,1-4H3. The van der Waals surface area contributed by atoms with Crippen molar-refractivity contribution in [2.24, 2.45) is 7.05 Å². The van der Waals surface area contributed by atoms with Gasteiger partial charge in [0.25, 0.3) is 5.56 Å². The quantitative estimate of drug-likeness (QED) is 0.726. The monoisotopic (exact) mass is 346 g/mol. The van der Waals surface area contributed by atoms with Gasteiger partial charge < -0.3 is 14.2 Å². The number of likely N-dealkylation sites (N-methyl/N-ethyl adjacent to an activating group) is 1. The molecule has 2 aliphatic heterocycles. The van der Waals surface area contributed by atoms with Crippen LogP contribution in [0.15, 0.2) is 11.0 Å². The van der Waals surface area contributed by atoms with Gasteiger partial charge in [-0.3, -0.25) is 14.7 Å². The Morgan fingerprint density at radius 3 is 2.84 bits per heavy atom. The molecule has 2 aromatic heterocycles. The fourth-order valence-electron chi connectivity index (χ4n) is 3.96. The Labute approximate surface area is 145 Å². The molecule has 0 aliphatic carbocycles. The Morgan fingerprint density at radius 2 is 2.08 bits per heavy atom. The van der Waals surface area contributed by atoms with Crippen molar-refractivity contribution in [3.8, 4) is 5.75 Å². The SMILES string of the molecule is Cc1ncc2c3c(c(=O)n(C)c2c1F)OCCC1CN(C)C(C)CN31. The van der Waals surface area contributed by atoms with Crippen LogP contribution in [-0.4, -0.2) is 53.3 Å². The number of ether oxygens (including phenoxy) is 1. The highest BCUT2D eigenvalue weighted by Crippen LogP contribution is 2.39. The molecular weight excluding hydrogens is 323 g/mol. The minimum atomic E-state index is -0.442. The zero-order chi connectivity index (χ0) is 17.9. The molecular formula is C18H23FN4O2. The van der Waals surface area contributed by atoms with Crippen molar-refractivity contribution in [3.63, 3.8) is 0 Å². The fraction of sp³-hybridized carbons (Fsp3) is 0.556. The van der Waals surface area contributed by atoms with Gasteiger partial charge in [-0.05, 0) is 20.9 Å². The number of hydrogen-bond acceptors (Lipinski definition) is 5. The third-order valence-corrected chi connectivity index (χ3v) is 5.61. The molecule has 1 saturated heterocycles. The summed E-state index contributed by atoms with van der Waals surface area (Å²) in [4.78, 5) is 21.6. The Hall–Kier alpha value is -2.15. The maximum Gasteiger partial charge on any atom is 0.295 e. The van der Waals surface area contributed by atoms with Gasteiger partial charge in [0.1, 0.15) is 0 Å². The third kappa shape index (κ3) is 2.33. The van der Waals surface area contributed by atoms with Gasteiger partial charge >= 0.3 is 0 Å². The van der Waals surface area contributed by atoms with Crippen LogP contribution in [0.25, 0.3) is 10.9 Å². The number of piperazine rings is 1. The number of aromatic nitrogens is 2. The van der Waals surface area contributed by atoms with E-state index in [1.165, 1.54) is 4.57 Å². The first kappa shape index (κ1) is 16.3. The number of halogens is 1.